The smallest absolute Gasteiger partial charge is 0.255 e. The predicted molar refractivity (Wildman–Crippen MR) is 83.0 cm³/mol. The van der Waals surface area contributed by atoms with Crippen molar-refractivity contribution in [3.05, 3.63) is 64.4 Å². The van der Waals surface area contributed by atoms with Crippen LogP contribution in [0.25, 0.3) is 0 Å². The maximum atomic E-state index is 12.5. The van der Waals surface area contributed by atoms with Crippen LogP contribution < -0.4 is 0 Å². The quantitative estimate of drug-likeness (QED) is 0.839. The van der Waals surface area contributed by atoms with E-state index < -0.39 is 0 Å². The molecule has 0 radical (unpaired) electrons. The van der Waals surface area contributed by atoms with Crippen molar-refractivity contribution in [2.75, 3.05) is 19.7 Å². The molecule has 108 valence electrons. The second kappa shape index (κ2) is 6.37. The summed E-state index contributed by atoms with van der Waals surface area (Å²) in [4.78, 5) is 18.3. The van der Waals surface area contributed by atoms with E-state index in [0.29, 0.717) is 25.3 Å². The third-order valence-corrected chi connectivity index (χ3v) is 4.24. The molecule has 0 N–H and O–H groups in total. The van der Waals surface area contributed by atoms with Gasteiger partial charge in [0.05, 0.1) is 18.7 Å². The van der Waals surface area contributed by atoms with E-state index in [-0.39, 0.29) is 12.0 Å². The first kappa shape index (κ1) is 14.2. The minimum atomic E-state index is -0.102. The van der Waals surface area contributed by atoms with Gasteiger partial charge in [0.15, 0.2) is 0 Å². The van der Waals surface area contributed by atoms with Crippen molar-refractivity contribution in [3.8, 4) is 0 Å². The summed E-state index contributed by atoms with van der Waals surface area (Å²) < 4.78 is 6.83. The maximum absolute atomic E-state index is 12.5. The lowest BCUT2D eigenvalue weighted by Crippen LogP contribution is -2.42. The zero-order valence-corrected chi connectivity index (χ0v) is 13.0. The summed E-state index contributed by atoms with van der Waals surface area (Å²) in [5.74, 6) is 0.00320. The van der Waals surface area contributed by atoms with Gasteiger partial charge in [0.2, 0.25) is 0 Å². The van der Waals surface area contributed by atoms with Gasteiger partial charge in [0.1, 0.15) is 6.10 Å². The third kappa shape index (κ3) is 3.14. The molecule has 5 heteroatoms. The molecule has 0 aliphatic carbocycles. The van der Waals surface area contributed by atoms with E-state index in [2.05, 4.69) is 20.9 Å². The molecule has 2 aromatic rings. The largest absolute Gasteiger partial charge is 0.370 e. The summed E-state index contributed by atoms with van der Waals surface area (Å²) in [7, 11) is 0. The summed E-state index contributed by atoms with van der Waals surface area (Å²) in [6.07, 6.45) is 3.17. The van der Waals surface area contributed by atoms with Crippen LogP contribution in [0.5, 0.6) is 0 Å². The third-order valence-electron chi connectivity index (χ3n) is 3.51. The molecule has 4 nitrogen and oxygen atoms in total. The molecule has 1 aromatic heterocycles. The molecular weight excluding hydrogens is 332 g/mol. The number of pyridine rings is 1. The molecule has 1 atom stereocenters. The molecule has 1 saturated heterocycles. The Hall–Kier alpha value is -1.72. The van der Waals surface area contributed by atoms with Crippen LogP contribution in [-0.4, -0.2) is 35.5 Å². The average molecular weight is 347 g/mol. The summed E-state index contributed by atoms with van der Waals surface area (Å²) in [6.45, 7) is 1.70. The minimum absolute atomic E-state index is 0.00320. The van der Waals surface area contributed by atoms with Crippen LogP contribution in [0.15, 0.2) is 53.3 Å². The number of benzene rings is 1. The van der Waals surface area contributed by atoms with Crippen LogP contribution in [0.1, 0.15) is 22.0 Å². The molecule has 0 spiro atoms. The summed E-state index contributed by atoms with van der Waals surface area (Å²) in [6, 6.07) is 11.5. The van der Waals surface area contributed by atoms with Gasteiger partial charge < -0.3 is 9.64 Å². The minimum Gasteiger partial charge on any atom is -0.370 e. The van der Waals surface area contributed by atoms with Crippen molar-refractivity contribution < 1.29 is 9.53 Å². The van der Waals surface area contributed by atoms with Crippen molar-refractivity contribution in [1.82, 2.24) is 9.88 Å². The molecule has 0 saturated carbocycles. The molecule has 1 aliphatic rings. The zero-order chi connectivity index (χ0) is 14.7. The van der Waals surface area contributed by atoms with Gasteiger partial charge in [-0.3, -0.25) is 9.78 Å². The SMILES string of the molecule is O=C(c1cccnc1)N1CCO[C@H](c2ccccc2Br)C1. The van der Waals surface area contributed by atoms with Gasteiger partial charge in [0, 0.05) is 23.4 Å². The number of halogens is 1. The Labute approximate surface area is 131 Å². The van der Waals surface area contributed by atoms with Crippen LogP contribution in [0.4, 0.5) is 0 Å². The average Bonchev–Trinajstić information content (AvgIpc) is 2.55. The number of rotatable bonds is 2. The van der Waals surface area contributed by atoms with Gasteiger partial charge in [-0.15, -0.1) is 0 Å². The Morgan fingerprint density at radius 3 is 2.90 bits per heavy atom. The predicted octanol–water partition coefficient (Wildman–Crippen LogP) is 3.06. The zero-order valence-electron chi connectivity index (χ0n) is 11.4. The fraction of sp³-hybridized carbons (Fsp3) is 0.250. The molecule has 21 heavy (non-hydrogen) atoms. The van der Waals surface area contributed by atoms with Crippen molar-refractivity contribution in [3.63, 3.8) is 0 Å². The van der Waals surface area contributed by atoms with Gasteiger partial charge in [-0.25, -0.2) is 0 Å². The molecule has 1 fully saturated rings. The number of morpholine rings is 1. The lowest BCUT2D eigenvalue weighted by atomic mass is 10.1. The maximum Gasteiger partial charge on any atom is 0.255 e. The molecule has 1 aliphatic heterocycles. The summed E-state index contributed by atoms with van der Waals surface area (Å²) in [5.41, 5.74) is 1.69. The molecule has 1 amide bonds. The normalized spacial score (nSPS) is 18.5. The Kier molecular flexibility index (Phi) is 4.31. The molecule has 0 unspecified atom stereocenters. The lowest BCUT2D eigenvalue weighted by Gasteiger charge is -2.33. The number of aromatic nitrogens is 1. The van der Waals surface area contributed by atoms with Gasteiger partial charge in [-0.05, 0) is 23.8 Å². The van der Waals surface area contributed by atoms with Crippen molar-refractivity contribution in [2.45, 2.75) is 6.10 Å². The molecule has 3 rings (SSSR count). The Morgan fingerprint density at radius 2 is 2.14 bits per heavy atom. The van der Waals surface area contributed by atoms with Gasteiger partial charge in [0.25, 0.3) is 5.91 Å². The number of nitrogens with zero attached hydrogens (tertiary/aromatic N) is 2. The highest BCUT2D eigenvalue weighted by molar-refractivity contribution is 9.10. The van der Waals surface area contributed by atoms with Gasteiger partial charge in [-0.2, -0.15) is 0 Å². The van der Waals surface area contributed by atoms with Crippen molar-refractivity contribution in [2.24, 2.45) is 0 Å². The Morgan fingerprint density at radius 1 is 1.29 bits per heavy atom. The van der Waals surface area contributed by atoms with Crippen molar-refractivity contribution in [1.29, 1.82) is 0 Å². The van der Waals surface area contributed by atoms with Crippen LogP contribution in [0, 0.1) is 0 Å². The topological polar surface area (TPSA) is 42.4 Å². The van der Waals surface area contributed by atoms with E-state index in [1.807, 2.05) is 29.2 Å². The molecular formula is C16H15BrN2O2. The highest BCUT2D eigenvalue weighted by atomic mass is 79.9. The van der Waals surface area contributed by atoms with Gasteiger partial charge >= 0.3 is 0 Å². The number of hydrogen-bond donors (Lipinski definition) is 0. The summed E-state index contributed by atoms with van der Waals surface area (Å²) >= 11 is 3.54. The van der Waals surface area contributed by atoms with Crippen LogP contribution in [-0.2, 0) is 4.74 Å². The van der Waals surface area contributed by atoms with Gasteiger partial charge in [-0.1, -0.05) is 34.1 Å². The standard InChI is InChI=1S/C16H15BrN2O2/c17-14-6-2-1-5-13(14)15-11-19(8-9-21-15)16(20)12-4-3-7-18-10-12/h1-7,10,15H,8-9,11H2/t15-/m0/s1. The Bertz CT molecular complexity index is 633. The number of carbonyl (C=O) groups excluding carboxylic acids is 1. The van der Waals surface area contributed by atoms with Crippen LogP contribution in [0.3, 0.4) is 0 Å². The second-order valence-electron chi connectivity index (χ2n) is 4.87. The molecule has 2 heterocycles. The fourth-order valence-electron chi connectivity index (χ4n) is 2.43. The Balaban J connectivity index is 1.77. The molecule has 1 aromatic carbocycles. The first-order valence-electron chi connectivity index (χ1n) is 6.81. The van der Waals surface area contributed by atoms with E-state index in [1.165, 1.54) is 0 Å². The number of carbonyl (C=O) groups is 1. The fourth-order valence-corrected chi connectivity index (χ4v) is 2.97. The first-order valence-corrected chi connectivity index (χ1v) is 7.60. The van der Waals surface area contributed by atoms with Crippen LogP contribution >= 0.6 is 15.9 Å². The summed E-state index contributed by atoms with van der Waals surface area (Å²) in [5, 5.41) is 0. The monoisotopic (exact) mass is 346 g/mol. The highest BCUT2D eigenvalue weighted by Crippen LogP contribution is 2.29. The molecule has 0 bridgehead atoms. The van der Waals surface area contributed by atoms with E-state index in [9.17, 15) is 4.79 Å². The lowest BCUT2D eigenvalue weighted by molar-refractivity contribution is -0.0231. The first-order chi connectivity index (χ1) is 10.3. The van der Waals surface area contributed by atoms with E-state index in [4.69, 9.17) is 4.74 Å². The second-order valence-corrected chi connectivity index (χ2v) is 5.73. The number of amides is 1. The van der Waals surface area contributed by atoms with Crippen LogP contribution in [0.2, 0.25) is 0 Å². The number of ether oxygens (including phenoxy) is 1. The van der Waals surface area contributed by atoms with E-state index in [1.54, 1.807) is 24.5 Å². The van der Waals surface area contributed by atoms with Crippen molar-refractivity contribution >= 4 is 21.8 Å². The number of hydrogen-bond acceptors (Lipinski definition) is 3. The highest BCUT2D eigenvalue weighted by Gasteiger charge is 2.27. The van der Waals surface area contributed by atoms with E-state index in [0.717, 1.165) is 10.0 Å². The van der Waals surface area contributed by atoms with E-state index >= 15 is 0 Å².